The number of H-pyrrole nitrogens is 1. The molecule has 0 unspecified atom stereocenters. The van der Waals surface area contributed by atoms with Crippen LogP contribution >= 0.6 is 11.6 Å². The number of fused-ring (bicyclic) bond motifs is 6. The number of aromatic amines is 1. The first-order chi connectivity index (χ1) is 22.7. The number of hydrogen-bond acceptors (Lipinski definition) is 2. The van der Waals surface area contributed by atoms with E-state index in [0.717, 1.165) is 38.9 Å². The van der Waals surface area contributed by atoms with Crippen LogP contribution in [-0.2, 0) is 0 Å². The number of para-hydroxylation sites is 1. The van der Waals surface area contributed by atoms with E-state index in [1.54, 1.807) is 0 Å². The summed E-state index contributed by atoms with van der Waals surface area (Å²) in [6.45, 7) is 0. The van der Waals surface area contributed by atoms with E-state index in [1.807, 2.05) is 6.07 Å². The Hall–Kier alpha value is -5.77. The number of halogens is 1. The molecule has 0 bridgehead atoms. The summed E-state index contributed by atoms with van der Waals surface area (Å²) in [7, 11) is 0. The minimum absolute atomic E-state index is 0.236. The Morgan fingerprint density at radius 3 is 1.98 bits per heavy atom. The molecule has 0 atom stereocenters. The highest BCUT2D eigenvalue weighted by Gasteiger charge is 2.19. The summed E-state index contributed by atoms with van der Waals surface area (Å²) in [6.07, 6.45) is 0. The molecule has 0 aliphatic heterocycles. The summed E-state index contributed by atoms with van der Waals surface area (Å²) >= 11 is 6.65. The summed E-state index contributed by atoms with van der Waals surface area (Å²) in [5, 5.41) is 11.3. The zero-order valence-corrected chi connectivity index (χ0v) is 25.3. The Morgan fingerprint density at radius 2 is 1.11 bits per heavy atom. The van der Waals surface area contributed by atoms with Gasteiger partial charge in [-0.05, 0) is 73.4 Å². The van der Waals surface area contributed by atoms with Crippen molar-refractivity contribution in [1.82, 2.24) is 15.0 Å². The van der Waals surface area contributed by atoms with Crippen LogP contribution in [0.3, 0.4) is 0 Å². The van der Waals surface area contributed by atoms with Crippen LogP contribution in [0.4, 0.5) is 0 Å². The molecule has 214 valence electrons. The van der Waals surface area contributed by atoms with Crippen LogP contribution in [0, 0.1) is 0 Å². The summed E-state index contributed by atoms with van der Waals surface area (Å²) in [4.78, 5) is 13.2. The van der Waals surface area contributed by atoms with Gasteiger partial charge in [-0.3, -0.25) is 0 Å². The number of benzene rings is 8. The van der Waals surface area contributed by atoms with Gasteiger partial charge in [-0.15, -0.1) is 0 Å². The van der Waals surface area contributed by atoms with Gasteiger partial charge < -0.3 is 4.98 Å². The van der Waals surface area contributed by atoms with Gasteiger partial charge in [0, 0.05) is 43.7 Å². The van der Waals surface area contributed by atoms with Gasteiger partial charge >= 0.3 is 0 Å². The summed E-state index contributed by atoms with van der Waals surface area (Å²) in [5.74, 6) is 0. The largest absolute Gasteiger partial charge is 0.354 e. The highest BCUT2D eigenvalue weighted by atomic mass is 35.5. The van der Waals surface area contributed by atoms with Crippen molar-refractivity contribution in [3.05, 3.63) is 145 Å². The van der Waals surface area contributed by atoms with Crippen LogP contribution in [0.2, 0.25) is 5.28 Å². The van der Waals surface area contributed by atoms with E-state index in [-0.39, 0.29) is 5.28 Å². The summed E-state index contributed by atoms with van der Waals surface area (Å²) in [5.41, 5.74) is 9.47. The normalized spacial score (nSPS) is 12.0. The molecule has 0 saturated heterocycles. The third kappa shape index (κ3) is 3.67. The van der Waals surface area contributed by atoms with Crippen molar-refractivity contribution in [3.63, 3.8) is 0 Å². The van der Waals surface area contributed by atoms with Crippen molar-refractivity contribution >= 4 is 76.6 Å². The third-order valence-electron chi connectivity index (χ3n) is 9.49. The van der Waals surface area contributed by atoms with Gasteiger partial charge in [0.2, 0.25) is 5.28 Å². The van der Waals surface area contributed by atoms with Crippen LogP contribution in [0.1, 0.15) is 0 Å². The SMILES string of the molecule is Clc1nc(-c2ccc(-c3ccccc3)cc2)c2cccc(-c3ccc4cc5[nH]c6cccc7c8ccccc8c(c4c3)c5c67)c2n1. The van der Waals surface area contributed by atoms with Gasteiger partial charge in [0.25, 0.3) is 0 Å². The molecule has 0 aliphatic rings. The minimum atomic E-state index is 0.236. The van der Waals surface area contributed by atoms with Gasteiger partial charge in [-0.25, -0.2) is 9.97 Å². The zero-order chi connectivity index (χ0) is 30.4. The van der Waals surface area contributed by atoms with Crippen LogP contribution in [0.25, 0.3) is 98.5 Å². The molecule has 46 heavy (non-hydrogen) atoms. The molecule has 1 N–H and O–H groups in total. The molecule has 4 heteroatoms. The number of aromatic nitrogens is 3. The summed E-state index contributed by atoms with van der Waals surface area (Å²) in [6, 6.07) is 49.6. The van der Waals surface area contributed by atoms with Gasteiger partial charge in [0.05, 0.1) is 11.2 Å². The maximum atomic E-state index is 6.65. The van der Waals surface area contributed by atoms with Crippen LogP contribution < -0.4 is 0 Å². The zero-order valence-electron chi connectivity index (χ0n) is 24.6. The maximum Gasteiger partial charge on any atom is 0.223 e. The molecule has 8 aromatic carbocycles. The van der Waals surface area contributed by atoms with Crippen molar-refractivity contribution < 1.29 is 0 Å². The second-order valence-electron chi connectivity index (χ2n) is 12.0. The molecule has 10 aromatic rings. The molecule has 2 heterocycles. The minimum Gasteiger partial charge on any atom is -0.354 e. The second-order valence-corrected chi connectivity index (χ2v) is 12.3. The van der Waals surface area contributed by atoms with Crippen LogP contribution in [0.5, 0.6) is 0 Å². The van der Waals surface area contributed by atoms with Crippen molar-refractivity contribution in [1.29, 1.82) is 0 Å². The van der Waals surface area contributed by atoms with Crippen LogP contribution in [-0.4, -0.2) is 15.0 Å². The van der Waals surface area contributed by atoms with E-state index >= 15 is 0 Å². The second kappa shape index (κ2) is 9.61. The fourth-order valence-corrected chi connectivity index (χ4v) is 7.63. The van der Waals surface area contributed by atoms with E-state index in [4.69, 9.17) is 21.6 Å². The summed E-state index contributed by atoms with van der Waals surface area (Å²) < 4.78 is 0. The van der Waals surface area contributed by atoms with Crippen LogP contribution in [0.15, 0.2) is 140 Å². The quantitative estimate of drug-likeness (QED) is 0.161. The smallest absolute Gasteiger partial charge is 0.223 e. The standard InChI is InChI=1S/C42H24ClN3/c43-42-45-40(26-18-16-25(17-19-26)24-8-2-1-3-9-24)33-14-6-12-29(41(33)46-42)27-20-21-28-23-36-39-37(34(28)22-27)31-11-5-4-10-30(31)32-13-7-15-35(44-36)38(32)39/h1-23,44H. The number of nitrogens with one attached hydrogen (secondary N) is 1. The van der Waals surface area contributed by atoms with E-state index in [2.05, 4.69) is 138 Å². The highest BCUT2D eigenvalue weighted by Crippen LogP contribution is 2.45. The molecule has 0 spiro atoms. The fraction of sp³-hybridized carbons (Fsp3) is 0. The van der Waals surface area contributed by atoms with Gasteiger partial charge in [0.1, 0.15) is 0 Å². The number of nitrogens with zero attached hydrogens (tertiary/aromatic N) is 2. The number of hydrogen-bond donors (Lipinski definition) is 1. The first-order valence-corrected chi connectivity index (χ1v) is 15.8. The van der Waals surface area contributed by atoms with Crippen molar-refractivity contribution in [2.45, 2.75) is 0 Å². The van der Waals surface area contributed by atoms with Gasteiger partial charge in [0.15, 0.2) is 0 Å². The Labute approximate surface area is 269 Å². The Bertz CT molecular complexity index is 2800. The predicted molar refractivity (Wildman–Crippen MR) is 194 cm³/mol. The molecule has 0 aliphatic carbocycles. The molecule has 0 amide bonds. The number of rotatable bonds is 3. The van der Waals surface area contributed by atoms with Crippen molar-refractivity contribution in [2.75, 3.05) is 0 Å². The highest BCUT2D eigenvalue weighted by molar-refractivity contribution is 6.39. The predicted octanol–water partition coefficient (Wildman–Crippen LogP) is 11.8. The van der Waals surface area contributed by atoms with Crippen molar-refractivity contribution in [2.24, 2.45) is 0 Å². The third-order valence-corrected chi connectivity index (χ3v) is 9.66. The molecule has 3 nitrogen and oxygen atoms in total. The Kier molecular flexibility index (Phi) is 5.34. The monoisotopic (exact) mass is 605 g/mol. The molecule has 0 saturated carbocycles. The lowest BCUT2D eigenvalue weighted by molar-refractivity contribution is 1.22. The molecule has 10 rings (SSSR count). The van der Waals surface area contributed by atoms with E-state index < -0.39 is 0 Å². The average Bonchev–Trinajstić information content (AvgIpc) is 3.49. The van der Waals surface area contributed by atoms with Gasteiger partial charge in [-0.1, -0.05) is 121 Å². The lowest BCUT2D eigenvalue weighted by atomic mass is 9.89. The molecule has 0 radical (unpaired) electrons. The lowest BCUT2D eigenvalue weighted by Gasteiger charge is -2.14. The Morgan fingerprint density at radius 1 is 0.435 bits per heavy atom. The average molecular weight is 606 g/mol. The molecule has 0 fully saturated rings. The molecular formula is C42H24ClN3. The lowest BCUT2D eigenvalue weighted by Crippen LogP contribution is -1.94. The maximum absolute atomic E-state index is 6.65. The van der Waals surface area contributed by atoms with Crippen molar-refractivity contribution in [3.8, 4) is 33.5 Å². The Balaban J connectivity index is 1.21. The van der Waals surface area contributed by atoms with E-state index in [0.29, 0.717) is 0 Å². The first-order valence-electron chi connectivity index (χ1n) is 15.4. The van der Waals surface area contributed by atoms with E-state index in [9.17, 15) is 0 Å². The molecule has 2 aromatic heterocycles. The fourth-order valence-electron chi connectivity index (χ4n) is 7.46. The first kappa shape index (κ1) is 25.5. The topological polar surface area (TPSA) is 41.6 Å². The van der Waals surface area contributed by atoms with Gasteiger partial charge in [-0.2, -0.15) is 0 Å². The molecular weight excluding hydrogens is 582 g/mol. The van der Waals surface area contributed by atoms with E-state index in [1.165, 1.54) is 59.7 Å².